The number of rotatable bonds is 5. The first-order chi connectivity index (χ1) is 9.15. The Balaban J connectivity index is 2.03. The highest BCUT2D eigenvalue weighted by atomic mass is 32.1. The number of aromatic nitrogens is 1. The second kappa shape index (κ2) is 6.68. The summed E-state index contributed by atoms with van der Waals surface area (Å²) in [6.07, 6.45) is 2.19. The van der Waals surface area contributed by atoms with E-state index in [1.807, 2.05) is 0 Å². The van der Waals surface area contributed by atoms with Crippen LogP contribution in [-0.2, 0) is 13.0 Å². The first-order valence-electron chi connectivity index (χ1n) is 7.33. The third-order valence-corrected chi connectivity index (χ3v) is 4.93. The summed E-state index contributed by atoms with van der Waals surface area (Å²) < 4.78 is 0. The van der Waals surface area contributed by atoms with Crippen molar-refractivity contribution in [3.8, 4) is 0 Å². The monoisotopic (exact) mass is 282 g/mol. The summed E-state index contributed by atoms with van der Waals surface area (Å²) in [6.45, 7) is 11.8. The molecule has 0 aliphatic carbocycles. The molecular formula is C14H26N4S. The van der Waals surface area contributed by atoms with E-state index in [9.17, 15) is 0 Å². The van der Waals surface area contributed by atoms with Crippen LogP contribution in [-0.4, -0.2) is 42.1 Å². The minimum atomic E-state index is 0.624. The third kappa shape index (κ3) is 3.46. The topological polar surface area (TPSA) is 45.4 Å². The first kappa shape index (κ1) is 14.8. The smallest absolute Gasteiger partial charge is 0.185 e. The number of nitrogens with zero attached hydrogens (tertiary/aromatic N) is 3. The molecule has 0 unspecified atom stereocenters. The maximum absolute atomic E-state index is 5.83. The van der Waals surface area contributed by atoms with Gasteiger partial charge in [0.25, 0.3) is 0 Å². The molecule has 0 spiro atoms. The maximum Gasteiger partial charge on any atom is 0.185 e. The molecule has 0 radical (unpaired) electrons. The van der Waals surface area contributed by atoms with Gasteiger partial charge in [-0.25, -0.2) is 4.98 Å². The molecular weight excluding hydrogens is 256 g/mol. The Hall–Kier alpha value is -0.650. The van der Waals surface area contributed by atoms with Crippen molar-refractivity contribution >= 4 is 16.5 Å². The molecule has 1 aliphatic rings. The molecule has 1 aromatic rings. The van der Waals surface area contributed by atoms with Gasteiger partial charge in [-0.2, -0.15) is 0 Å². The van der Waals surface area contributed by atoms with Crippen LogP contribution in [0.25, 0.3) is 0 Å². The molecule has 1 saturated heterocycles. The number of nitrogens with two attached hydrogens (primary N) is 1. The van der Waals surface area contributed by atoms with Gasteiger partial charge in [-0.05, 0) is 20.3 Å². The van der Waals surface area contributed by atoms with Gasteiger partial charge in [0.1, 0.15) is 0 Å². The summed E-state index contributed by atoms with van der Waals surface area (Å²) >= 11 is 1.79. The number of aryl methyl sites for hydroxylation is 1. The van der Waals surface area contributed by atoms with E-state index in [2.05, 4.69) is 30.6 Å². The second-order valence-corrected chi connectivity index (χ2v) is 6.50. The standard InChI is InChI=1S/C14H26N4S/c1-4-5-12-13(10-15)19-14(16-12)18-8-6-17(7-9-18)11(2)3/h11H,4-10,15H2,1-3H3. The van der Waals surface area contributed by atoms with Crippen molar-refractivity contribution in [2.45, 2.75) is 46.2 Å². The van der Waals surface area contributed by atoms with Crippen molar-refractivity contribution < 1.29 is 0 Å². The minimum Gasteiger partial charge on any atom is -0.346 e. The molecule has 19 heavy (non-hydrogen) atoms. The summed E-state index contributed by atoms with van der Waals surface area (Å²) in [5, 5.41) is 1.17. The molecule has 2 heterocycles. The minimum absolute atomic E-state index is 0.624. The van der Waals surface area contributed by atoms with Gasteiger partial charge in [-0.1, -0.05) is 13.3 Å². The summed E-state index contributed by atoms with van der Waals surface area (Å²) in [6, 6.07) is 0.647. The van der Waals surface area contributed by atoms with Crippen molar-refractivity contribution in [3.63, 3.8) is 0 Å². The average molecular weight is 282 g/mol. The lowest BCUT2D eigenvalue weighted by molar-refractivity contribution is 0.209. The summed E-state index contributed by atoms with van der Waals surface area (Å²) in [5.74, 6) is 0. The normalized spacial score (nSPS) is 17.4. The molecule has 0 bridgehead atoms. The SMILES string of the molecule is CCCc1nc(N2CCN(C(C)C)CC2)sc1CN. The van der Waals surface area contributed by atoms with E-state index in [4.69, 9.17) is 10.7 Å². The average Bonchev–Trinajstić information content (AvgIpc) is 2.82. The lowest BCUT2D eigenvalue weighted by atomic mass is 10.2. The molecule has 2 rings (SSSR count). The van der Waals surface area contributed by atoms with Gasteiger partial charge in [0.2, 0.25) is 0 Å². The zero-order valence-electron chi connectivity index (χ0n) is 12.4. The maximum atomic E-state index is 5.83. The fraction of sp³-hybridized carbons (Fsp3) is 0.786. The molecule has 0 saturated carbocycles. The van der Waals surface area contributed by atoms with Gasteiger partial charge < -0.3 is 10.6 Å². The molecule has 0 aromatic carbocycles. The number of piperazine rings is 1. The van der Waals surface area contributed by atoms with Crippen LogP contribution in [0, 0.1) is 0 Å². The van der Waals surface area contributed by atoms with Gasteiger partial charge in [0, 0.05) is 43.6 Å². The van der Waals surface area contributed by atoms with E-state index in [0.717, 1.165) is 39.0 Å². The molecule has 4 nitrogen and oxygen atoms in total. The first-order valence-corrected chi connectivity index (χ1v) is 8.15. The van der Waals surface area contributed by atoms with Crippen molar-refractivity contribution in [2.24, 2.45) is 5.73 Å². The molecule has 5 heteroatoms. The Morgan fingerprint density at radius 1 is 1.26 bits per heavy atom. The highest BCUT2D eigenvalue weighted by molar-refractivity contribution is 7.15. The van der Waals surface area contributed by atoms with Gasteiger partial charge in [0.05, 0.1) is 5.69 Å². The van der Waals surface area contributed by atoms with Crippen LogP contribution < -0.4 is 10.6 Å². The Morgan fingerprint density at radius 3 is 2.47 bits per heavy atom. The van der Waals surface area contributed by atoms with E-state index in [0.29, 0.717) is 12.6 Å². The second-order valence-electron chi connectivity index (χ2n) is 5.44. The van der Waals surface area contributed by atoms with E-state index in [-0.39, 0.29) is 0 Å². The fourth-order valence-electron chi connectivity index (χ4n) is 2.53. The zero-order valence-corrected chi connectivity index (χ0v) is 13.2. The predicted molar refractivity (Wildman–Crippen MR) is 82.9 cm³/mol. The number of hydrogen-bond donors (Lipinski definition) is 1. The van der Waals surface area contributed by atoms with E-state index in [1.165, 1.54) is 15.7 Å². The van der Waals surface area contributed by atoms with Gasteiger partial charge in [0.15, 0.2) is 5.13 Å². The lowest BCUT2D eigenvalue weighted by Gasteiger charge is -2.36. The lowest BCUT2D eigenvalue weighted by Crippen LogP contribution is -2.48. The van der Waals surface area contributed by atoms with Crippen molar-refractivity contribution in [1.29, 1.82) is 0 Å². The van der Waals surface area contributed by atoms with Crippen LogP contribution >= 0.6 is 11.3 Å². The largest absolute Gasteiger partial charge is 0.346 e. The molecule has 1 fully saturated rings. The molecule has 2 N–H and O–H groups in total. The molecule has 0 atom stereocenters. The van der Waals surface area contributed by atoms with Crippen LogP contribution in [0.2, 0.25) is 0 Å². The van der Waals surface area contributed by atoms with Crippen LogP contribution in [0.1, 0.15) is 37.8 Å². The number of hydrogen-bond acceptors (Lipinski definition) is 5. The van der Waals surface area contributed by atoms with E-state index in [1.54, 1.807) is 11.3 Å². The number of thiazole rings is 1. The Morgan fingerprint density at radius 2 is 1.95 bits per heavy atom. The fourth-order valence-corrected chi connectivity index (χ4v) is 3.56. The summed E-state index contributed by atoms with van der Waals surface area (Å²) in [5.41, 5.74) is 7.05. The van der Waals surface area contributed by atoms with Crippen LogP contribution in [0.15, 0.2) is 0 Å². The van der Waals surface area contributed by atoms with E-state index >= 15 is 0 Å². The molecule has 0 amide bonds. The van der Waals surface area contributed by atoms with Crippen molar-refractivity contribution in [1.82, 2.24) is 9.88 Å². The molecule has 108 valence electrons. The van der Waals surface area contributed by atoms with Gasteiger partial charge in [-0.3, -0.25) is 4.90 Å². The Bertz CT molecular complexity index is 394. The Kier molecular flexibility index (Phi) is 5.19. The van der Waals surface area contributed by atoms with Crippen LogP contribution in [0.5, 0.6) is 0 Å². The summed E-state index contributed by atoms with van der Waals surface area (Å²) in [7, 11) is 0. The zero-order chi connectivity index (χ0) is 13.8. The van der Waals surface area contributed by atoms with E-state index < -0.39 is 0 Å². The number of anilines is 1. The molecule has 1 aromatic heterocycles. The van der Waals surface area contributed by atoms with Crippen molar-refractivity contribution in [3.05, 3.63) is 10.6 Å². The third-order valence-electron chi connectivity index (χ3n) is 3.75. The summed E-state index contributed by atoms with van der Waals surface area (Å²) in [4.78, 5) is 11.0. The Labute approximate surface area is 120 Å². The van der Waals surface area contributed by atoms with Crippen LogP contribution in [0.4, 0.5) is 5.13 Å². The highest BCUT2D eigenvalue weighted by Crippen LogP contribution is 2.28. The van der Waals surface area contributed by atoms with Crippen molar-refractivity contribution in [2.75, 3.05) is 31.1 Å². The predicted octanol–water partition coefficient (Wildman–Crippen LogP) is 2.08. The van der Waals surface area contributed by atoms with Gasteiger partial charge in [-0.15, -0.1) is 11.3 Å². The molecule has 1 aliphatic heterocycles. The quantitative estimate of drug-likeness (QED) is 0.898. The highest BCUT2D eigenvalue weighted by Gasteiger charge is 2.22. The van der Waals surface area contributed by atoms with Crippen LogP contribution in [0.3, 0.4) is 0 Å². The van der Waals surface area contributed by atoms with Gasteiger partial charge >= 0.3 is 0 Å².